The van der Waals surface area contributed by atoms with Gasteiger partial charge in [-0.1, -0.05) is 27.2 Å². The second-order valence-electron chi connectivity index (χ2n) is 3.53. The van der Waals surface area contributed by atoms with E-state index in [1.165, 1.54) is 18.2 Å². The molecule has 18 heavy (non-hydrogen) atoms. The Morgan fingerprint density at radius 2 is 2.00 bits per heavy atom. The number of halogens is 4. The summed E-state index contributed by atoms with van der Waals surface area (Å²) in [6, 6.07) is 5.15. The lowest BCUT2D eigenvalue weighted by Gasteiger charge is -2.09. The van der Waals surface area contributed by atoms with Crippen molar-refractivity contribution >= 4 is 15.9 Å². The normalized spacial score (nSPS) is 11.8. The van der Waals surface area contributed by atoms with Crippen LogP contribution in [0.5, 0.6) is 0 Å². The van der Waals surface area contributed by atoms with Gasteiger partial charge in [0.25, 0.3) is 0 Å². The first-order valence-electron chi connectivity index (χ1n) is 4.85. The van der Waals surface area contributed by atoms with Crippen LogP contribution in [0.25, 0.3) is 11.3 Å². The van der Waals surface area contributed by atoms with Gasteiger partial charge in [-0.15, -0.1) is 0 Å². The van der Waals surface area contributed by atoms with Crippen molar-refractivity contribution < 1.29 is 22.8 Å². The summed E-state index contributed by atoms with van der Waals surface area (Å²) in [5.41, 5.74) is -0.264. The van der Waals surface area contributed by atoms with Gasteiger partial charge in [0.05, 0.1) is 5.56 Å². The first-order valence-corrected chi connectivity index (χ1v) is 5.64. The van der Waals surface area contributed by atoms with Crippen molar-refractivity contribution in [3.63, 3.8) is 0 Å². The van der Waals surface area contributed by atoms with Gasteiger partial charge < -0.3 is 9.63 Å². The molecule has 0 aliphatic rings. The summed E-state index contributed by atoms with van der Waals surface area (Å²) in [7, 11) is 0. The maximum absolute atomic E-state index is 12.7. The minimum Gasteiger partial charge on any atom is -0.388 e. The predicted octanol–water partition coefficient (Wildman–Crippen LogP) is 3.62. The van der Waals surface area contributed by atoms with Crippen molar-refractivity contribution in [2.24, 2.45) is 0 Å². The van der Waals surface area contributed by atoms with E-state index in [2.05, 4.69) is 21.1 Å². The quantitative estimate of drug-likeness (QED) is 0.919. The number of aromatic nitrogens is 1. The van der Waals surface area contributed by atoms with Gasteiger partial charge >= 0.3 is 6.18 Å². The zero-order valence-corrected chi connectivity index (χ0v) is 10.4. The van der Waals surface area contributed by atoms with Crippen molar-refractivity contribution in [1.29, 1.82) is 0 Å². The molecule has 0 bridgehead atoms. The van der Waals surface area contributed by atoms with Gasteiger partial charge in [-0.05, 0) is 12.1 Å². The number of hydrogen-bond donors (Lipinski definition) is 1. The highest BCUT2D eigenvalue weighted by atomic mass is 79.9. The standard InChI is InChI=1S/C11H7BrF3NO2/c12-9-2-1-6(3-8(9)11(13,14)15)10-4-7(5-17)18-16-10/h1-4,17H,5H2. The fourth-order valence-electron chi connectivity index (χ4n) is 1.43. The van der Waals surface area contributed by atoms with E-state index < -0.39 is 11.7 Å². The molecule has 0 radical (unpaired) electrons. The lowest BCUT2D eigenvalue weighted by atomic mass is 10.1. The Hall–Kier alpha value is -1.34. The van der Waals surface area contributed by atoms with Crippen molar-refractivity contribution in [1.82, 2.24) is 5.16 Å². The van der Waals surface area contributed by atoms with Crippen LogP contribution in [-0.4, -0.2) is 10.3 Å². The number of benzene rings is 1. The molecular formula is C11H7BrF3NO2. The molecule has 0 aliphatic heterocycles. The van der Waals surface area contributed by atoms with Crippen molar-refractivity contribution in [2.45, 2.75) is 12.8 Å². The lowest BCUT2D eigenvalue weighted by Crippen LogP contribution is -2.06. The summed E-state index contributed by atoms with van der Waals surface area (Å²) in [6.45, 7) is -0.352. The maximum atomic E-state index is 12.7. The van der Waals surface area contributed by atoms with E-state index in [1.807, 2.05) is 0 Å². The van der Waals surface area contributed by atoms with Crippen molar-refractivity contribution in [3.05, 3.63) is 40.1 Å². The minimum atomic E-state index is -4.45. The monoisotopic (exact) mass is 321 g/mol. The molecule has 0 aliphatic carbocycles. The predicted molar refractivity (Wildman–Crippen MR) is 60.6 cm³/mol. The molecule has 1 aromatic carbocycles. The molecule has 0 amide bonds. The van der Waals surface area contributed by atoms with E-state index in [4.69, 9.17) is 9.63 Å². The molecule has 96 valence electrons. The van der Waals surface area contributed by atoms with Gasteiger partial charge in [0.15, 0.2) is 5.76 Å². The third-order valence-corrected chi connectivity index (χ3v) is 2.97. The lowest BCUT2D eigenvalue weighted by molar-refractivity contribution is -0.138. The molecule has 0 spiro atoms. The van der Waals surface area contributed by atoms with E-state index in [-0.39, 0.29) is 28.1 Å². The van der Waals surface area contributed by atoms with E-state index in [1.54, 1.807) is 0 Å². The van der Waals surface area contributed by atoms with E-state index >= 15 is 0 Å². The van der Waals surface area contributed by atoms with E-state index in [9.17, 15) is 13.2 Å². The molecule has 2 aromatic rings. The van der Waals surface area contributed by atoms with Gasteiger partial charge in [0.1, 0.15) is 12.3 Å². The molecule has 1 heterocycles. The Morgan fingerprint density at radius 1 is 1.28 bits per heavy atom. The third-order valence-electron chi connectivity index (χ3n) is 2.28. The van der Waals surface area contributed by atoms with Crippen molar-refractivity contribution in [2.75, 3.05) is 0 Å². The summed E-state index contributed by atoms with van der Waals surface area (Å²) < 4.78 is 42.8. The highest BCUT2D eigenvalue weighted by molar-refractivity contribution is 9.10. The van der Waals surface area contributed by atoms with Gasteiger partial charge in [0, 0.05) is 16.1 Å². The molecule has 0 saturated heterocycles. The second-order valence-corrected chi connectivity index (χ2v) is 4.38. The summed E-state index contributed by atoms with van der Waals surface area (Å²) in [5, 5.41) is 12.4. The van der Waals surface area contributed by atoms with Crippen LogP contribution in [-0.2, 0) is 12.8 Å². The molecule has 0 saturated carbocycles. The Kier molecular flexibility index (Phi) is 3.45. The summed E-state index contributed by atoms with van der Waals surface area (Å²) in [6.07, 6.45) is -4.45. The Labute approximate surface area is 108 Å². The number of hydrogen-bond acceptors (Lipinski definition) is 3. The number of rotatable bonds is 2. The first kappa shape index (κ1) is 13.1. The third kappa shape index (κ3) is 2.56. The zero-order chi connectivity index (χ0) is 13.3. The van der Waals surface area contributed by atoms with Gasteiger partial charge in [-0.25, -0.2) is 0 Å². The molecule has 7 heteroatoms. The second kappa shape index (κ2) is 4.74. The van der Waals surface area contributed by atoms with E-state index in [0.717, 1.165) is 6.07 Å². The molecule has 2 rings (SSSR count). The van der Waals surface area contributed by atoms with Crippen LogP contribution in [0.2, 0.25) is 0 Å². The zero-order valence-electron chi connectivity index (χ0n) is 8.83. The largest absolute Gasteiger partial charge is 0.417 e. The van der Waals surface area contributed by atoms with Crippen LogP contribution in [0.4, 0.5) is 13.2 Å². The Balaban J connectivity index is 2.47. The Bertz CT molecular complexity index is 566. The van der Waals surface area contributed by atoms with Crippen molar-refractivity contribution in [3.8, 4) is 11.3 Å². The molecule has 1 aromatic heterocycles. The summed E-state index contributed by atoms with van der Waals surface area (Å²) in [4.78, 5) is 0. The van der Waals surface area contributed by atoms with Crippen LogP contribution in [0.3, 0.4) is 0 Å². The van der Waals surface area contributed by atoms with Gasteiger partial charge in [-0.3, -0.25) is 0 Å². The van der Waals surface area contributed by atoms with Crippen LogP contribution < -0.4 is 0 Å². The Morgan fingerprint density at radius 3 is 2.56 bits per heavy atom. The molecule has 0 atom stereocenters. The van der Waals surface area contributed by atoms with Crippen LogP contribution in [0.1, 0.15) is 11.3 Å². The molecule has 0 fully saturated rings. The maximum Gasteiger partial charge on any atom is 0.417 e. The highest BCUT2D eigenvalue weighted by Crippen LogP contribution is 2.37. The fraction of sp³-hybridized carbons (Fsp3) is 0.182. The number of nitrogens with zero attached hydrogens (tertiary/aromatic N) is 1. The van der Waals surface area contributed by atoms with Crippen LogP contribution >= 0.6 is 15.9 Å². The number of aliphatic hydroxyl groups excluding tert-OH is 1. The molecule has 1 N–H and O–H groups in total. The highest BCUT2D eigenvalue weighted by Gasteiger charge is 2.33. The van der Waals surface area contributed by atoms with Gasteiger partial charge in [0.2, 0.25) is 0 Å². The summed E-state index contributed by atoms with van der Waals surface area (Å²) >= 11 is 2.85. The van der Waals surface area contributed by atoms with Gasteiger partial charge in [-0.2, -0.15) is 13.2 Å². The fourth-order valence-corrected chi connectivity index (χ4v) is 1.90. The molecule has 3 nitrogen and oxygen atoms in total. The molecule has 0 unspecified atom stereocenters. The average Bonchev–Trinajstić information content (AvgIpc) is 2.76. The van der Waals surface area contributed by atoms with Crippen LogP contribution in [0.15, 0.2) is 33.3 Å². The smallest absolute Gasteiger partial charge is 0.388 e. The number of aliphatic hydroxyl groups is 1. The number of alkyl halides is 3. The summed E-state index contributed by atoms with van der Waals surface area (Å²) in [5.74, 6) is 0.196. The SMILES string of the molecule is OCc1cc(-c2ccc(Br)c(C(F)(F)F)c2)no1. The topological polar surface area (TPSA) is 46.3 Å². The first-order chi connectivity index (χ1) is 8.41. The van der Waals surface area contributed by atoms with Crippen LogP contribution in [0, 0.1) is 0 Å². The average molecular weight is 322 g/mol. The molecular weight excluding hydrogens is 315 g/mol. The van der Waals surface area contributed by atoms with E-state index in [0.29, 0.717) is 0 Å². The minimum absolute atomic E-state index is 0.0374.